The molecule has 4 amide bonds. The highest BCUT2D eigenvalue weighted by molar-refractivity contribution is 6.21. The van der Waals surface area contributed by atoms with Crippen LogP contribution in [0.4, 0.5) is 10.5 Å². The highest BCUT2D eigenvalue weighted by Crippen LogP contribution is 2.24. The Bertz CT molecular complexity index is 958. The van der Waals surface area contributed by atoms with E-state index in [9.17, 15) is 14.4 Å². The Kier molecular flexibility index (Phi) is 6.65. The minimum absolute atomic E-state index is 0.0102. The number of rotatable bonds is 7. The molecule has 0 bridgehead atoms. The van der Waals surface area contributed by atoms with Crippen LogP contribution in [0.5, 0.6) is 5.75 Å². The summed E-state index contributed by atoms with van der Waals surface area (Å²) in [6, 6.07) is 9.52. The fourth-order valence-corrected chi connectivity index (χ4v) is 4.03. The molecule has 0 saturated carbocycles. The lowest BCUT2D eigenvalue weighted by atomic mass is 10.1. The number of ether oxygens (including phenoxy) is 1. The highest BCUT2D eigenvalue weighted by Gasteiger charge is 2.39. The van der Waals surface area contributed by atoms with Gasteiger partial charge in [-0.05, 0) is 42.3 Å². The number of nitrogens with zero attached hydrogens (tertiary/aromatic N) is 4. The molecule has 3 heterocycles. The molecule has 1 aromatic carbocycles. The molecular weight excluding hydrogens is 410 g/mol. The molecule has 2 aliphatic heterocycles. The molecular formula is C23H27N5O4. The lowest BCUT2D eigenvalue weighted by Crippen LogP contribution is -2.48. The Morgan fingerprint density at radius 2 is 1.88 bits per heavy atom. The minimum atomic E-state index is -0.694. The van der Waals surface area contributed by atoms with Crippen molar-refractivity contribution in [2.24, 2.45) is 0 Å². The normalized spacial score (nSPS) is 19.2. The van der Waals surface area contributed by atoms with Crippen LogP contribution in [0.3, 0.4) is 0 Å². The average Bonchev–Trinajstić information content (AvgIpc) is 3.11. The van der Waals surface area contributed by atoms with Crippen molar-refractivity contribution in [3.05, 3.63) is 54.4 Å². The lowest BCUT2D eigenvalue weighted by molar-refractivity contribution is -0.133. The van der Waals surface area contributed by atoms with Gasteiger partial charge < -0.3 is 15.0 Å². The smallest absolute Gasteiger partial charge is 0.329 e. The fraction of sp³-hybridized carbons (Fsp3) is 0.391. The number of hydrogen-bond acceptors (Lipinski definition) is 6. The molecule has 2 aliphatic rings. The zero-order valence-electron chi connectivity index (χ0n) is 18.1. The molecule has 9 heteroatoms. The molecule has 1 N–H and O–H groups in total. The van der Waals surface area contributed by atoms with E-state index in [4.69, 9.17) is 4.74 Å². The number of urea groups is 1. The first kappa shape index (κ1) is 21.8. The zero-order chi connectivity index (χ0) is 22.5. The predicted molar refractivity (Wildman–Crippen MR) is 118 cm³/mol. The summed E-state index contributed by atoms with van der Waals surface area (Å²) in [6.07, 6.45) is 4.12. The largest absolute Gasteiger partial charge is 0.497 e. The maximum atomic E-state index is 12.8. The molecule has 1 atom stereocenters. The average molecular weight is 438 g/mol. The summed E-state index contributed by atoms with van der Waals surface area (Å²) in [5.74, 6) is 0.314. The molecule has 9 nitrogen and oxygen atoms in total. The van der Waals surface area contributed by atoms with Crippen molar-refractivity contribution in [2.45, 2.75) is 25.4 Å². The van der Waals surface area contributed by atoms with Gasteiger partial charge in [0.1, 0.15) is 11.8 Å². The van der Waals surface area contributed by atoms with Crippen molar-refractivity contribution < 1.29 is 19.1 Å². The second kappa shape index (κ2) is 9.78. The van der Waals surface area contributed by atoms with Crippen molar-refractivity contribution in [1.82, 2.24) is 20.1 Å². The van der Waals surface area contributed by atoms with Gasteiger partial charge in [-0.1, -0.05) is 6.07 Å². The van der Waals surface area contributed by atoms with Gasteiger partial charge in [0.15, 0.2) is 0 Å². The maximum absolute atomic E-state index is 12.8. The first-order valence-electron chi connectivity index (χ1n) is 10.7. The van der Waals surface area contributed by atoms with Gasteiger partial charge in [0.2, 0.25) is 5.91 Å². The Morgan fingerprint density at radius 3 is 2.53 bits per heavy atom. The van der Waals surface area contributed by atoms with Gasteiger partial charge >= 0.3 is 6.03 Å². The van der Waals surface area contributed by atoms with E-state index in [0.29, 0.717) is 24.5 Å². The number of anilines is 1. The van der Waals surface area contributed by atoms with E-state index in [1.807, 2.05) is 23.2 Å². The van der Waals surface area contributed by atoms with Crippen LogP contribution in [-0.4, -0.2) is 72.0 Å². The first-order chi connectivity index (χ1) is 15.5. The molecule has 2 aromatic rings. The number of benzene rings is 1. The third kappa shape index (κ3) is 4.88. The number of nitrogens with one attached hydrogen (secondary N) is 1. The summed E-state index contributed by atoms with van der Waals surface area (Å²) < 4.78 is 5.11. The van der Waals surface area contributed by atoms with Crippen LogP contribution in [-0.2, 0) is 16.1 Å². The van der Waals surface area contributed by atoms with Crippen LogP contribution in [0.15, 0.2) is 48.8 Å². The SMILES string of the molecule is COc1ccc(N2C(=O)NC(CCC(=O)N3CCN(Cc4cccnc4)CC3)C2=O)cc1. The zero-order valence-corrected chi connectivity index (χ0v) is 18.1. The monoisotopic (exact) mass is 437 g/mol. The molecule has 1 aromatic heterocycles. The van der Waals surface area contributed by atoms with Crippen LogP contribution in [0.1, 0.15) is 18.4 Å². The number of pyridine rings is 1. The van der Waals surface area contributed by atoms with Crippen molar-refractivity contribution in [2.75, 3.05) is 38.2 Å². The molecule has 2 fully saturated rings. The second-order valence-corrected chi connectivity index (χ2v) is 7.93. The third-order valence-electron chi connectivity index (χ3n) is 5.85. The van der Waals surface area contributed by atoms with Gasteiger partial charge in [-0.25, -0.2) is 9.69 Å². The standard InChI is InChI=1S/C23H27N5O4/c1-32-19-6-4-18(5-7-19)28-22(30)20(25-23(28)31)8-9-21(29)27-13-11-26(12-14-27)16-17-3-2-10-24-15-17/h2-7,10,15,20H,8-9,11-14,16H2,1H3,(H,25,31). The van der Waals surface area contributed by atoms with E-state index in [2.05, 4.69) is 15.2 Å². The molecule has 4 rings (SSSR count). The number of imide groups is 1. The predicted octanol–water partition coefficient (Wildman–Crippen LogP) is 1.64. The molecule has 32 heavy (non-hydrogen) atoms. The molecule has 0 radical (unpaired) electrons. The summed E-state index contributed by atoms with van der Waals surface area (Å²) in [4.78, 5) is 47.2. The van der Waals surface area contributed by atoms with E-state index in [0.717, 1.165) is 30.1 Å². The van der Waals surface area contributed by atoms with Gasteiger partial charge in [0.25, 0.3) is 5.91 Å². The number of aromatic nitrogens is 1. The Labute approximate surface area is 187 Å². The molecule has 168 valence electrons. The molecule has 0 spiro atoms. The summed E-state index contributed by atoms with van der Waals surface area (Å²) in [5, 5.41) is 2.69. The van der Waals surface area contributed by atoms with Crippen molar-refractivity contribution in [1.29, 1.82) is 0 Å². The van der Waals surface area contributed by atoms with Crippen molar-refractivity contribution in [3.8, 4) is 5.75 Å². The highest BCUT2D eigenvalue weighted by atomic mass is 16.5. The maximum Gasteiger partial charge on any atom is 0.329 e. The Hall–Kier alpha value is -3.46. The Balaban J connectivity index is 1.25. The van der Waals surface area contributed by atoms with Gasteiger partial charge in [-0.2, -0.15) is 0 Å². The number of carbonyl (C=O) groups excluding carboxylic acids is 3. The quantitative estimate of drug-likeness (QED) is 0.662. The van der Waals surface area contributed by atoms with Gasteiger partial charge in [0, 0.05) is 51.5 Å². The number of amides is 4. The molecule has 2 saturated heterocycles. The van der Waals surface area contributed by atoms with E-state index in [-0.39, 0.29) is 24.7 Å². The topological polar surface area (TPSA) is 95.1 Å². The minimum Gasteiger partial charge on any atom is -0.497 e. The lowest BCUT2D eigenvalue weighted by Gasteiger charge is -2.34. The van der Waals surface area contributed by atoms with E-state index < -0.39 is 12.1 Å². The van der Waals surface area contributed by atoms with Crippen molar-refractivity contribution in [3.63, 3.8) is 0 Å². The number of piperazine rings is 1. The van der Waals surface area contributed by atoms with Crippen molar-refractivity contribution >= 4 is 23.5 Å². The van der Waals surface area contributed by atoms with Crippen LogP contribution in [0, 0.1) is 0 Å². The Morgan fingerprint density at radius 1 is 1.12 bits per heavy atom. The number of hydrogen-bond donors (Lipinski definition) is 1. The number of methoxy groups -OCH3 is 1. The fourth-order valence-electron chi connectivity index (χ4n) is 4.03. The molecule has 0 aliphatic carbocycles. The van der Waals surface area contributed by atoms with Gasteiger partial charge in [-0.15, -0.1) is 0 Å². The summed E-state index contributed by atoms with van der Waals surface area (Å²) in [5.41, 5.74) is 1.64. The summed E-state index contributed by atoms with van der Waals surface area (Å²) in [6.45, 7) is 3.72. The summed E-state index contributed by atoms with van der Waals surface area (Å²) >= 11 is 0. The third-order valence-corrected chi connectivity index (χ3v) is 5.85. The number of carbonyl (C=O) groups is 3. The van der Waals surface area contributed by atoms with E-state index >= 15 is 0 Å². The van der Waals surface area contributed by atoms with E-state index in [1.165, 1.54) is 0 Å². The summed E-state index contributed by atoms with van der Waals surface area (Å²) in [7, 11) is 1.55. The van der Waals surface area contributed by atoms with Crippen LogP contribution in [0.2, 0.25) is 0 Å². The van der Waals surface area contributed by atoms with E-state index in [1.54, 1.807) is 37.6 Å². The van der Waals surface area contributed by atoms with Crippen LogP contribution >= 0.6 is 0 Å². The van der Waals surface area contributed by atoms with Gasteiger partial charge in [-0.3, -0.25) is 19.5 Å². The first-order valence-corrected chi connectivity index (χ1v) is 10.7. The van der Waals surface area contributed by atoms with Crippen LogP contribution in [0.25, 0.3) is 0 Å². The van der Waals surface area contributed by atoms with Crippen LogP contribution < -0.4 is 15.0 Å². The second-order valence-electron chi connectivity index (χ2n) is 7.93. The van der Waals surface area contributed by atoms with Gasteiger partial charge in [0.05, 0.1) is 12.8 Å². The molecule has 1 unspecified atom stereocenters.